The monoisotopic (exact) mass is 1330 g/mol. The molecule has 7 heteroatoms. The molecule has 0 saturated carbocycles. The van der Waals surface area contributed by atoms with E-state index in [1.165, 1.54) is 81.2 Å². The van der Waals surface area contributed by atoms with E-state index in [4.69, 9.17) is 9.72 Å². The van der Waals surface area contributed by atoms with Crippen LogP contribution in [0.1, 0.15) is 164 Å². The first kappa shape index (κ1) is 60.7. The number of rotatable bonds is 7. The van der Waals surface area contributed by atoms with Gasteiger partial charge in [0, 0.05) is 92.6 Å². The van der Waals surface area contributed by atoms with Crippen molar-refractivity contribution in [3.8, 4) is 39.6 Å². The molecule has 4 heterocycles. The summed E-state index contributed by atoms with van der Waals surface area (Å²) in [6.07, 6.45) is 2.02. The van der Waals surface area contributed by atoms with Crippen LogP contribution >= 0.6 is 11.3 Å². The first-order chi connectivity index (χ1) is 39.8. The van der Waals surface area contributed by atoms with Gasteiger partial charge in [0.25, 0.3) is 0 Å². The Morgan fingerprint density at radius 1 is 0.477 bits per heavy atom. The second-order valence-corrected chi connectivity index (χ2v) is 31.1. The number of pyridine rings is 1. The molecular weight excluding hydrogens is 1250 g/mol. The smallest absolute Gasteiger partial charge is 0.135 e. The van der Waals surface area contributed by atoms with E-state index >= 15 is 0 Å². The van der Waals surface area contributed by atoms with Crippen molar-refractivity contribution in [2.75, 3.05) is 9.80 Å². The topological polar surface area (TPSA) is 33.5 Å². The molecule has 0 atom stereocenters. The number of thiophene rings is 1. The maximum Gasteiger partial charge on any atom is 0.135 e. The van der Waals surface area contributed by atoms with Crippen LogP contribution in [0.4, 0.5) is 22.7 Å². The predicted molar refractivity (Wildman–Crippen MR) is 365 cm³/mol. The van der Waals surface area contributed by atoms with Crippen molar-refractivity contribution in [3.63, 3.8) is 0 Å². The Morgan fingerprint density at radius 2 is 1.00 bits per heavy atom. The summed E-state index contributed by atoms with van der Waals surface area (Å²) in [5.74, 6) is 2.08. The summed E-state index contributed by atoms with van der Waals surface area (Å²) in [6, 6.07) is 62.3. The molecule has 1 aliphatic heterocycles. The fraction of sp³-hybridized carbons (Fsp3) is 0.316. The zero-order valence-corrected chi connectivity index (χ0v) is 57.0. The van der Waals surface area contributed by atoms with Crippen LogP contribution in [0.5, 0.6) is 11.5 Å². The van der Waals surface area contributed by atoms with Crippen LogP contribution in [0.15, 0.2) is 152 Å². The average Bonchev–Trinajstić information content (AvgIpc) is 1.56. The second kappa shape index (κ2) is 21.4. The van der Waals surface area contributed by atoms with Crippen LogP contribution in [-0.4, -0.2) is 9.55 Å². The van der Waals surface area contributed by atoms with E-state index in [-0.39, 0.29) is 53.6 Å². The number of fused-ring (bicyclic) bond motifs is 8. The van der Waals surface area contributed by atoms with E-state index in [1.54, 1.807) is 0 Å². The molecule has 0 spiro atoms. The van der Waals surface area contributed by atoms with Crippen molar-refractivity contribution in [1.82, 2.24) is 9.55 Å². The van der Waals surface area contributed by atoms with Gasteiger partial charge in [-0.05, 0) is 120 Å². The molecule has 0 aliphatic carbocycles. The molecule has 0 saturated heterocycles. The number of nitrogens with zero attached hydrogens (tertiary/aromatic N) is 4. The van der Waals surface area contributed by atoms with Gasteiger partial charge >= 0.3 is 0 Å². The molecule has 0 amide bonds. The Labute approximate surface area is 530 Å². The molecule has 0 N–H and O–H groups in total. The summed E-state index contributed by atoms with van der Waals surface area (Å²) in [6.45, 7) is 46.0. The third-order valence-electron chi connectivity index (χ3n) is 17.3. The molecule has 5 nitrogen and oxygen atoms in total. The predicted octanol–water partition coefficient (Wildman–Crippen LogP) is 22.8. The van der Waals surface area contributed by atoms with Gasteiger partial charge in [-0.2, -0.15) is 6.07 Å². The fourth-order valence-corrected chi connectivity index (χ4v) is 13.5. The van der Waals surface area contributed by atoms with E-state index in [0.29, 0.717) is 11.5 Å². The van der Waals surface area contributed by atoms with Crippen LogP contribution in [0.25, 0.3) is 70.0 Å². The van der Waals surface area contributed by atoms with Crippen molar-refractivity contribution in [3.05, 3.63) is 210 Å². The minimum absolute atomic E-state index is 0. The van der Waals surface area contributed by atoms with Crippen LogP contribution in [0.3, 0.4) is 0 Å². The van der Waals surface area contributed by atoms with Crippen molar-refractivity contribution >= 4 is 76.1 Å². The molecule has 0 fully saturated rings. The summed E-state index contributed by atoms with van der Waals surface area (Å²) in [5.41, 5.74) is 19.1. The maximum atomic E-state index is 7.15. The molecule has 444 valence electrons. The number of ether oxygens (including phenoxy) is 1. The Bertz CT molecular complexity index is 4300. The normalized spacial score (nSPS) is 13.6. The third-order valence-corrected chi connectivity index (χ3v) is 18.5. The van der Waals surface area contributed by atoms with Gasteiger partial charge in [-0.1, -0.05) is 221 Å². The number of para-hydroxylation sites is 3. The van der Waals surface area contributed by atoms with E-state index < -0.39 is 0 Å². The minimum atomic E-state index is -0.232. The Morgan fingerprint density at radius 3 is 1.56 bits per heavy atom. The fourth-order valence-electron chi connectivity index (χ4n) is 12.2. The van der Waals surface area contributed by atoms with Crippen molar-refractivity contribution in [2.45, 2.75) is 164 Å². The molecule has 0 radical (unpaired) electrons. The summed E-state index contributed by atoms with van der Waals surface area (Å²) in [4.78, 5) is 9.91. The van der Waals surface area contributed by atoms with Crippen LogP contribution < -0.4 is 14.5 Å². The molecule has 12 rings (SSSR count). The molecule has 3 aromatic heterocycles. The molecular formula is C79H83N4OPtS-3. The summed E-state index contributed by atoms with van der Waals surface area (Å²) in [5, 5.41) is 4.84. The van der Waals surface area contributed by atoms with Crippen molar-refractivity contribution < 1.29 is 25.8 Å². The van der Waals surface area contributed by atoms with E-state index in [0.717, 1.165) is 50.6 Å². The Balaban J connectivity index is 0.00000768. The van der Waals surface area contributed by atoms with Crippen LogP contribution in [0, 0.1) is 25.7 Å². The third kappa shape index (κ3) is 11.1. The zero-order valence-electron chi connectivity index (χ0n) is 53.9. The molecule has 0 unspecified atom stereocenters. The van der Waals surface area contributed by atoms with Gasteiger partial charge in [-0.3, -0.25) is 0 Å². The van der Waals surface area contributed by atoms with E-state index in [1.807, 2.05) is 17.5 Å². The summed E-state index contributed by atoms with van der Waals surface area (Å²) < 4.78 is 12.0. The number of hydrogen-bond acceptors (Lipinski definition) is 5. The Kier molecular flexibility index (Phi) is 15.1. The number of anilines is 4. The first-order valence-electron chi connectivity index (χ1n) is 30.3. The van der Waals surface area contributed by atoms with E-state index in [2.05, 4.69) is 310 Å². The number of aromatic nitrogens is 2. The maximum absolute atomic E-state index is 7.15. The molecule has 0 bridgehead atoms. The molecule has 8 aromatic carbocycles. The zero-order chi connectivity index (χ0) is 60.7. The van der Waals surface area contributed by atoms with Gasteiger partial charge in [0.2, 0.25) is 0 Å². The quantitative estimate of drug-likeness (QED) is 0.149. The van der Waals surface area contributed by atoms with E-state index in [9.17, 15) is 0 Å². The minimum Gasteiger partial charge on any atom is -0.509 e. The average molecular weight is 1330 g/mol. The van der Waals surface area contributed by atoms with Crippen LogP contribution in [0.2, 0.25) is 0 Å². The number of hydrogen-bond donors (Lipinski definition) is 0. The van der Waals surface area contributed by atoms with Gasteiger partial charge < -0.3 is 19.1 Å². The van der Waals surface area contributed by atoms with Crippen molar-refractivity contribution in [2.24, 2.45) is 0 Å². The molecule has 1 aliphatic rings. The molecule has 86 heavy (non-hydrogen) atoms. The largest absolute Gasteiger partial charge is 0.509 e. The standard InChI is InChI=1S/C79H83N4OS.Pt/c1-48-46-80-70(45-64(48)79(17,18)19)83-67-34-33-62-61-25-20-23-30-69(61)85-73(62)71(67)63-32-31-57(44-68(63)83)84-58-42-55(78(14,15)16)41-56(43-58)81-47-82(66-29-22-21-28-65(66)81)72-59(49-35-51(74(2,3)4)39-52(36-49)75(5,6)7)26-24-27-60(72)50-37-53(76(8,9)10)40-54(38-50)77(11,12)13;/h20-42,45-47H,1-19H3;/q-3;. The van der Waals surface area contributed by atoms with Gasteiger partial charge in [-0.15, -0.1) is 65.0 Å². The molecule has 11 aromatic rings. The van der Waals surface area contributed by atoms with Gasteiger partial charge in [0.15, 0.2) is 0 Å². The van der Waals surface area contributed by atoms with Crippen molar-refractivity contribution in [1.29, 1.82) is 0 Å². The van der Waals surface area contributed by atoms with Gasteiger partial charge in [0.05, 0.1) is 0 Å². The van der Waals surface area contributed by atoms with Gasteiger partial charge in [-0.25, -0.2) is 4.98 Å². The summed E-state index contributed by atoms with van der Waals surface area (Å²) >= 11 is 1.85. The van der Waals surface area contributed by atoms with Crippen LogP contribution in [-0.2, 0) is 53.6 Å². The number of benzene rings is 8. The first-order valence-corrected chi connectivity index (χ1v) is 31.2. The van der Waals surface area contributed by atoms with Gasteiger partial charge in [0.1, 0.15) is 5.82 Å². The SMILES string of the molecule is Cc1cnc(-n2c3[c-]c(Oc4[c-]c(N5[CH-]N(c6c(-c7cc(C(C)(C)C)cc(C(C)(C)C)c7)cccc6-c6cc(C(C)(C)C)cc(C(C)(C)C)c6)c6ccccc65)cc(C(C)(C)C)c4)ccc3c3c4sc5ccccc5c4ccc32)cc1C(C)(C)C.[Pt]. The number of aryl methyl sites for hydroxylation is 1. The summed E-state index contributed by atoms with van der Waals surface area (Å²) in [7, 11) is 0. The second-order valence-electron chi connectivity index (χ2n) is 30.1. The Hall–Kier alpha value is -6.98.